The third-order valence-electron chi connectivity index (χ3n) is 7.66. The van der Waals surface area contributed by atoms with Crippen molar-refractivity contribution in [3.05, 3.63) is 63.2 Å². The summed E-state index contributed by atoms with van der Waals surface area (Å²) in [6, 6.07) is 9.69. The van der Waals surface area contributed by atoms with Crippen LogP contribution in [0.2, 0.25) is 0 Å². The van der Waals surface area contributed by atoms with Crippen LogP contribution in [0.4, 0.5) is 13.2 Å². The van der Waals surface area contributed by atoms with Crippen LogP contribution in [0.5, 0.6) is 5.75 Å². The van der Waals surface area contributed by atoms with Gasteiger partial charge in [0.2, 0.25) is 5.91 Å². The molecule has 4 rings (SSSR count). The molecule has 3 aromatic rings. The van der Waals surface area contributed by atoms with Crippen molar-refractivity contribution >= 4 is 16.8 Å². The molecule has 0 bridgehead atoms. The molecule has 1 aromatic carbocycles. The lowest BCUT2D eigenvalue weighted by atomic mass is 9.90. The second-order valence-electron chi connectivity index (χ2n) is 10.2. The maximum absolute atomic E-state index is 13.0. The van der Waals surface area contributed by atoms with Gasteiger partial charge in [-0.1, -0.05) is 18.2 Å². The number of fused-ring (bicyclic) bond motifs is 1. The van der Waals surface area contributed by atoms with Gasteiger partial charge in [0.1, 0.15) is 5.75 Å². The lowest BCUT2D eigenvalue weighted by Crippen LogP contribution is -2.41. The molecule has 1 aliphatic rings. The second kappa shape index (κ2) is 11.2. The number of nitrogens with zero attached hydrogens (tertiary/aromatic N) is 2. The van der Waals surface area contributed by atoms with E-state index in [-0.39, 0.29) is 36.4 Å². The number of ether oxygens (including phenoxy) is 1. The fourth-order valence-corrected chi connectivity index (χ4v) is 5.71. The molecule has 7 nitrogen and oxygen atoms in total. The molecular formula is C28H35F3N4O3. The third-order valence-corrected chi connectivity index (χ3v) is 7.66. The zero-order valence-corrected chi connectivity index (χ0v) is 22.2. The number of piperidine rings is 1. The van der Waals surface area contributed by atoms with Crippen molar-refractivity contribution in [2.75, 3.05) is 26.7 Å². The Morgan fingerprint density at radius 2 is 1.87 bits per heavy atom. The number of H-pyrrole nitrogens is 1. The Labute approximate surface area is 220 Å². The maximum Gasteiger partial charge on any atom is 0.401 e. The summed E-state index contributed by atoms with van der Waals surface area (Å²) in [5.74, 6) is 0.442. The molecule has 1 aliphatic heterocycles. The van der Waals surface area contributed by atoms with Crippen molar-refractivity contribution in [3.63, 3.8) is 0 Å². The van der Waals surface area contributed by atoms with Crippen molar-refractivity contribution in [2.45, 2.75) is 58.8 Å². The molecule has 3 heterocycles. The smallest absolute Gasteiger partial charge is 0.401 e. The molecule has 2 N–H and O–H groups in total. The molecule has 0 saturated carbocycles. The van der Waals surface area contributed by atoms with Gasteiger partial charge in [-0.25, -0.2) is 0 Å². The maximum atomic E-state index is 13.0. The van der Waals surface area contributed by atoms with Crippen molar-refractivity contribution in [3.8, 4) is 5.75 Å². The zero-order valence-electron chi connectivity index (χ0n) is 22.2. The van der Waals surface area contributed by atoms with Crippen LogP contribution in [-0.2, 0) is 17.8 Å². The number of para-hydroxylation sites is 1. The van der Waals surface area contributed by atoms with Gasteiger partial charge in [-0.05, 0) is 70.3 Å². The number of amides is 1. The number of carbonyl (C=O) groups excluding carboxylic acids is 1. The number of aryl methyl sites for hydroxylation is 1. The van der Waals surface area contributed by atoms with Crippen LogP contribution in [-0.4, -0.2) is 53.3 Å². The molecular weight excluding hydrogens is 497 g/mol. The van der Waals surface area contributed by atoms with Crippen LogP contribution in [0.1, 0.15) is 48.3 Å². The molecule has 206 valence electrons. The Balaban J connectivity index is 1.51. The van der Waals surface area contributed by atoms with E-state index in [2.05, 4.69) is 21.8 Å². The summed E-state index contributed by atoms with van der Waals surface area (Å²) < 4.78 is 46.0. The lowest BCUT2D eigenvalue weighted by molar-refractivity contribution is -0.149. The van der Waals surface area contributed by atoms with Crippen molar-refractivity contribution in [1.82, 2.24) is 19.8 Å². The number of hydrogen-bond donors (Lipinski definition) is 2. The standard InChI is InChI=1S/C28H35F3N4O3/c1-17-13-25(38-4)23(27(37)33-17)15-32-26(36)14-22-19(3)35(24-8-6-5-7-21(22)24)18(2)20-9-11-34(12-10-20)16-28(29,30)31/h5-8,13,18,20H,9-12,14-16H2,1-4H3,(H,32,36)(H,33,37)/t18-/m1/s1. The number of pyridine rings is 1. The van der Waals surface area contributed by atoms with Gasteiger partial charge in [-0.3, -0.25) is 14.5 Å². The first kappa shape index (κ1) is 27.8. The summed E-state index contributed by atoms with van der Waals surface area (Å²) in [6.07, 6.45) is -2.67. The SMILES string of the molecule is COc1cc(C)[nH]c(=O)c1CNC(=O)Cc1c(C)n([C@H](C)C2CCN(CC(F)(F)F)CC2)c2ccccc12. The minimum absolute atomic E-state index is 0.0439. The number of alkyl halides is 3. The molecule has 1 fully saturated rings. The van der Waals surface area contributed by atoms with E-state index in [1.165, 1.54) is 12.0 Å². The summed E-state index contributed by atoms with van der Waals surface area (Å²) in [5, 5.41) is 3.83. The Morgan fingerprint density at radius 3 is 2.53 bits per heavy atom. The summed E-state index contributed by atoms with van der Waals surface area (Å²) in [4.78, 5) is 29.6. The minimum atomic E-state index is -4.18. The van der Waals surface area contributed by atoms with E-state index >= 15 is 0 Å². The number of hydrogen-bond acceptors (Lipinski definition) is 4. The Kier molecular flexibility index (Phi) is 8.20. The van der Waals surface area contributed by atoms with Crippen LogP contribution in [0, 0.1) is 19.8 Å². The number of carbonyl (C=O) groups is 1. The average Bonchev–Trinajstić information content (AvgIpc) is 3.13. The Bertz CT molecular complexity index is 1350. The normalized spacial score (nSPS) is 16.1. The third kappa shape index (κ3) is 6.06. The monoisotopic (exact) mass is 532 g/mol. The van der Waals surface area contributed by atoms with Crippen molar-refractivity contribution < 1.29 is 22.7 Å². The number of nitrogens with one attached hydrogen (secondary N) is 2. The first-order valence-corrected chi connectivity index (χ1v) is 12.9. The second-order valence-corrected chi connectivity index (χ2v) is 10.2. The van der Waals surface area contributed by atoms with Gasteiger partial charge in [0, 0.05) is 28.3 Å². The summed E-state index contributed by atoms with van der Waals surface area (Å²) in [7, 11) is 1.49. The predicted octanol–water partition coefficient (Wildman–Crippen LogP) is 4.65. The van der Waals surface area contributed by atoms with E-state index in [1.807, 2.05) is 31.2 Å². The first-order chi connectivity index (χ1) is 18.0. The van der Waals surface area contributed by atoms with E-state index in [4.69, 9.17) is 4.74 Å². The predicted molar refractivity (Wildman–Crippen MR) is 141 cm³/mol. The van der Waals surface area contributed by atoms with E-state index in [1.54, 1.807) is 13.0 Å². The zero-order chi connectivity index (χ0) is 27.6. The van der Waals surface area contributed by atoms with Gasteiger partial charge in [0.05, 0.1) is 32.2 Å². The summed E-state index contributed by atoms with van der Waals surface area (Å²) in [6.45, 7) is 5.89. The number of halogens is 3. The Morgan fingerprint density at radius 1 is 1.18 bits per heavy atom. The van der Waals surface area contributed by atoms with Gasteiger partial charge in [0.15, 0.2) is 0 Å². The number of methoxy groups -OCH3 is 1. The van der Waals surface area contributed by atoms with Crippen LogP contribution in [0.3, 0.4) is 0 Å². The van der Waals surface area contributed by atoms with Gasteiger partial charge in [0.25, 0.3) is 5.56 Å². The van der Waals surface area contributed by atoms with Gasteiger partial charge in [-0.15, -0.1) is 0 Å². The number of aromatic amines is 1. The lowest BCUT2D eigenvalue weighted by Gasteiger charge is -2.36. The van der Waals surface area contributed by atoms with E-state index in [0.717, 1.165) is 22.2 Å². The molecule has 10 heteroatoms. The molecule has 1 saturated heterocycles. The molecule has 2 aromatic heterocycles. The van der Waals surface area contributed by atoms with E-state index in [0.29, 0.717) is 42.9 Å². The van der Waals surface area contributed by atoms with Crippen LogP contribution >= 0.6 is 0 Å². The number of rotatable bonds is 8. The topological polar surface area (TPSA) is 79.4 Å². The largest absolute Gasteiger partial charge is 0.496 e. The van der Waals surface area contributed by atoms with E-state index < -0.39 is 12.7 Å². The highest BCUT2D eigenvalue weighted by Crippen LogP contribution is 2.36. The molecule has 0 spiro atoms. The van der Waals surface area contributed by atoms with Gasteiger partial charge < -0.3 is 19.6 Å². The van der Waals surface area contributed by atoms with Crippen LogP contribution in [0.15, 0.2) is 35.1 Å². The molecule has 38 heavy (non-hydrogen) atoms. The highest BCUT2D eigenvalue weighted by molar-refractivity contribution is 5.90. The van der Waals surface area contributed by atoms with Crippen LogP contribution < -0.4 is 15.6 Å². The van der Waals surface area contributed by atoms with Gasteiger partial charge in [-0.2, -0.15) is 13.2 Å². The highest BCUT2D eigenvalue weighted by Gasteiger charge is 2.34. The summed E-state index contributed by atoms with van der Waals surface area (Å²) >= 11 is 0. The Hall–Kier alpha value is -3.27. The average molecular weight is 533 g/mol. The van der Waals surface area contributed by atoms with Crippen molar-refractivity contribution in [2.24, 2.45) is 5.92 Å². The molecule has 0 aliphatic carbocycles. The fraction of sp³-hybridized carbons (Fsp3) is 0.500. The number of aromatic nitrogens is 2. The van der Waals surface area contributed by atoms with Gasteiger partial charge >= 0.3 is 6.18 Å². The number of benzene rings is 1. The molecule has 1 atom stereocenters. The minimum Gasteiger partial charge on any atom is -0.496 e. The highest BCUT2D eigenvalue weighted by atomic mass is 19.4. The molecule has 0 unspecified atom stereocenters. The fourth-order valence-electron chi connectivity index (χ4n) is 5.71. The molecule has 0 radical (unpaired) electrons. The number of likely N-dealkylation sites (tertiary alicyclic amines) is 1. The first-order valence-electron chi connectivity index (χ1n) is 12.9. The summed E-state index contributed by atoms with van der Waals surface area (Å²) in [5.41, 5.74) is 3.61. The van der Waals surface area contributed by atoms with E-state index in [9.17, 15) is 22.8 Å². The van der Waals surface area contributed by atoms with Crippen molar-refractivity contribution in [1.29, 1.82) is 0 Å². The van der Waals surface area contributed by atoms with Crippen LogP contribution in [0.25, 0.3) is 10.9 Å². The quantitative estimate of drug-likeness (QED) is 0.443. The molecule has 1 amide bonds.